The summed E-state index contributed by atoms with van der Waals surface area (Å²) in [6, 6.07) is 0. The number of thioether (sulfide) groups is 2. The molecule has 0 aromatic carbocycles. The van der Waals surface area contributed by atoms with E-state index in [2.05, 4.69) is 25.3 Å². The first-order chi connectivity index (χ1) is 9.42. The van der Waals surface area contributed by atoms with Crippen LogP contribution in [0, 0.1) is 0 Å². The lowest BCUT2D eigenvalue weighted by Crippen LogP contribution is -2.31. The van der Waals surface area contributed by atoms with E-state index in [1.165, 1.54) is 23.5 Å². The van der Waals surface area contributed by atoms with E-state index in [9.17, 15) is 20.4 Å². The lowest BCUT2D eigenvalue weighted by Gasteiger charge is -2.20. The maximum absolute atomic E-state index is 9.56. The zero-order valence-electron chi connectivity index (χ0n) is 11.5. The predicted octanol–water partition coefficient (Wildman–Crippen LogP) is -0.397. The van der Waals surface area contributed by atoms with Gasteiger partial charge in [0.1, 0.15) is 0 Å². The molecule has 0 radical (unpaired) electrons. The first-order valence-corrected chi connectivity index (χ1v) is 9.77. The van der Waals surface area contributed by atoms with E-state index in [4.69, 9.17) is 0 Å². The summed E-state index contributed by atoms with van der Waals surface area (Å²) in [6.07, 6.45) is -3.09. The highest BCUT2D eigenvalue weighted by Crippen LogP contribution is 2.12. The van der Waals surface area contributed by atoms with Crippen LogP contribution in [0.25, 0.3) is 0 Å². The van der Waals surface area contributed by atoms with Crippen molar-refractivity contribution < 1.29 is 20.4 Å². The molecule has 0 saturated carbocycles. The van der Waals surface area contributed by atoms with Crippen molar-refractivity contribution in [3.8, 4) is 0 Å². The van der Waals surface area contributed by atoms with Crippen molar-refractivity contribution in [1.29, 1.82) is 0 Å². The fourth-order valence-corrected chi connectivity index (χ4v) is 3.71. The number of aliphatic hydroxyl groups excluding tert-OH is 4. The molecule has 0 bridgehead atoms. The van der Waals surface area contributed by atoms with Gasteiger partial charge in [0.15, 0.2) is 0 Å². The van der Waals surface area contributed by atoms with E-state index < -0.39 is 24.4 Å². The minimum atomic E-state index is -0.789. The van der Waals surface area contributed by atoms with Gasteiger partial charge < -0.3 is 20.4 Å². The number of hydrogen-bond donors (Lipinski definition) is 6. The fraction of sp³-hybridized carbons (Fsp3) is 1.00. The van der Waals surface area contributed by atoms with Crippen molar-refractivity contribution in [3.05, 3.63) is 0 Å². The molecule has 0 saturated heterocycles. The van der Waals surface area contributed by atoms with Crippen molar-refractivity contribution >= 4 is 48.8 Å². The molecule has 0 aliphatic rings. The summed E-state index contributed by atoms with van der Waals surface area (Å²) in [5.74, 6) is 2.84. The van der Waals surface area contributed by atoms with Crippen LogP contribution in [0.3, 0.4) is 0 Å². The molecule has 4 atom stereocenters. The third kappa shape index (κ3) is 10.0. The van der Waals surface area contributed by atoms with E-state index in [1.807, 2.05) is 11.9 Å². The number of nitrogens with zero attached hydrogens (tertiary/aromatic N) is 1. The average molecular weight is 364 g/mol. The van der Waals surface area contributed by atoms with Gasteiger partial charge in [0.25, 0.3) is 0 Å². The number of thiol groups is 2. The van der Waals surface area contributed by atoms with Crippen LogP contribution >= 0.6 is 48.8 Å². The lowest BCUT2D eigenvalue weighted by atomic mass is 10.3. The minimum Gasteiger partial charge on any atom is -0.390 e. The Balaban J connectivity index is 3.62. The number of hydrogen-bond acceptors (Lipinski definition) is 9. The maximum atomic E-state index is 9.56. The van der Waals surface area contributed by atoms with Crippen LogP contribution in [0.5, 0.6) is 0 Å². The van der Waals surface area contributed by atoms with E-state index in [1.54, 1.807) is 0 Å². The Morgan fingerprint density at radius 3 is 1.45 bits per heavy atom. The SMILES string of the molecule is CN(CSCC(O)C(O)CS)CSCC(O)C(O)CS. The third-order valence-corrected chi connectivity index (χ3v) is 5.61. The summed E-state index contributed by atoms with van der Waals surface area (Å²) in [5, 5.41) is 37.8. The highest BCUT2D eigenvalue weighted by atomic mass is 32.2. The number of rotatable bonds is 12. The molecule has 122 valence electrons. The Bertz CT molecular complexity index is 218. The first kappa shape index (κ1) is 21.2. The average Bonchev–Trinajstić information content (AvgIpc) is 2.44. The first-order valence-electron chi connectivity index (χ1n) is 6.20. The molecule has 0 amide bonds. The van der Waals surface area contributed by atoms with Gasteiger partial charge in [-0.1, -0.05) is 0 Å². The smallest absolute Gasteiger partial charge is 0.0897 e. The quantitative estimate of drug-likeness (QED) is 0.208. The van der Waals surface area contributed by atoms with Gasteiger partial charge in [0.05, 0.1) is 24.4 Å². The Morgan fingerprint density at radius 1 is 0.800 bits per heavy atom. The molecular weight excluding hydrogens is 338 g/mol. The van der Waals surface area contributed by atoms with Crippen LogP contribution in [-0.4, -0.2) is 91.6 Å². The fourth-order valence-electron chi connectivity index (χ4n) is 1.16. The topological polar surface area (TPSA) is 84.2 Å². The van der Waals surface area contributed by atoms with Gasteiger partial charge in [-0.05, 0) is 7.05 Å². The van der Waals surface area contributed by atoms with Crippen molar-refractivity contribution in [3.63, 3.8) is 0 Å². The second-order valence-corrected chi connectivity index (χ2v) is 7.22. The standard InChI is InChI=1S/C11H25NO4S4/c1-12(6-19-4-10(15)8(13)2-17)7-20-5-11(16)9(14)3-18/h8-11,13-18H,2-7H2,1H3. The van der Waals surface area contributed by atoms with Gasteiger partial charge in [-0.3, -0.25) is 4.90 Å². The molecule has 5 nitrogen and oxygen atoms in total. The van der Waals surface area contributed by atoms with Gasteiger partial charge in [0.2, 0.25) is 0 Å². The van der Waals surface area contributed by atoms with E-state index >= 15 is 0 Å². The summed E-state index contributed by atoms with van der Waals surface area (Å²) in [5.41, 5.74) is 0. The van der Waals surface area contributed by atoms with E-state index in [0.717, 1.165) is 0 Å². The second kappa shape index (κ2) is 12.7. The molecule has 0 aliphatic heterocycles. The van der Waals surface area contributed by atoms with Crippen LogP contribution < -0.4 is 0 Å². The van der Waals surface area contributed by atoms with Crippen molar-refractivity contribution in [2.45, 2.75) is 24.4 Å². The predicted molar refractivity (Wildman–Crippen MR) is 94.1 cm³/mol. The molecule has 4 N–H and O–H groups in total. The Hall–Kier alpha value is 1.20. The molecule has 0 aromatic rings. The van der Waals surface area contributed by atoms with Gasteiger partial charge in [-0.2, -0.15) is 25.3 Å². The zero-order valence-corrected chi connectivity index (χ0v) is 14.9. The molecule has 4 unspecified atom stereocenters. The lowest BCUT2D eigenvalue weighted by molar-refractivity contribution is 0.0500. The van der Waals surface area contributed by atoms with Crippen LogP contribution in [0.15, 0.2) is 0 Å². The van der Waals surface area contributed by atoms with Gasteiger partial charge >= 0.3 is 0 Å². The maximum Gasteiger partial charge on any atom is 0.0897 e. The second-order valence-electron chi connectivity index (χ2n) is 4.49. The summed E-state index contributed by atoms with van der Waals surface area (Å²) in [6.45, 7) is 0. The highest BCUT2D eigenvalue weighted by molar-refractivity contribution is 8.00. The highest BCUT2D eigenvalue weighted by Gasteiger charge is 2.16. The van der Waals surface area contributed by atoms with Gasteiger partial charge in [-0.25, -0.2) is 0 Å². The van der Waals surface area contributed by atoms with Crippen LogP contribution in [0.1, 0.15) is 0 Å². The van der Waals surface area contributed by atoms with Crippen molar-refractivity contribution in [1.82, 2.24) is 4.90 Å². The Kier molecular flexibility index (Phi) is 13.5. The molecule has 9 heteroatoms. The van der Waals surface area contributed by atoms with E-state index in [-0.39, 0.29) is 11.5 Å². The summed E-state index contributed by atoms with van der Waals surface area (Å²) in [7, 11) is 1.93. The van der Waals surface area contributed by atoms with Gasteiger partial charge in [-0.15, -0.1) is 23.5 Å². The third-order valence-electron chi connectivity index (χ3n) is 2.46. The van der Waals surface area contributed by atoms with Crippen LogP contribution in [0.2, 0.25) is 0 Å². The summed E-state index contributed by atoms with van der Waals surface area (Å²) >= 11 is 10.9. The molecular formula is C11H25NO4S4. The summed E-state index contributed by atoms with van der Waals surface area (Å²) < 4.78 is 0. The van der Waals surface area contributed by atoms with Gasteiger partial charge in [0, 0.05) is 34.8 Å². The Morgan fingerprint density at radius 2 is 1.15 bits per heavy atom. The molecule has 0 spiro atoms. The zero-order chi connectivity index (χ0) is 15.5. The monoisotopic (exact) mass is 363 g/mol. The van der Waals surface area contributed by atoms with Crippen molar-refractivity contribution in [2.24, 2.45) is 0 Å². The molecule has 0 aromatic heterocycles. The molecule has 0 rings (SSSR count). The molecule has 20 heavy (non-hydrogen) atoms. The molecule has 0 aliphatic carbocycles. The van der Waals surface area contributed by atoms with Crippen LogP contribution in [0.4, 0.5) is 0 Å². The van der Waals surface area contributed by atoms with Crippen molar-refractivity contribution in [2.75, 3.05) is 41.8 Å². The van der Waals surface area contributed by atoms with Crippen LogP contribution in [-0.2, 0) is 0 Å². The van der Waals surface area contributed by atoms with E-state index in [0.29, 0.717) is 23.3 Å². The largest absolute Gasteiger partial charge is 0.390 e. The Labute approximate surface area is 140 Å². The summed E-state index contributed by atoms with van der Waals surface area (Å²) in [4.78, 5) is 2.04. The molecule has 0 heterocycles. The minimum absolute atomic E-state index is 0.249. The number of aliphatic hydroxyl groups is 4. The molecule has 0 fully saturated rings. The normalized spacial score (nSPS) is 18.0.